The number of carboxylic acid groups (broad SMARTS) is 1. The Hall–Kier alpha value is -2.48. The summed E-state index contributed by atoms with van der Waals surface area (Å²) < 4.78 is 4.43. The summed E-state index contributed by atoms with van der Waals surface area (Å²) in [6, 6.07) is 2.62. The lowest BCUT2D eigenvalue weighted by Gasteiger charge is -2.09. The number of hydrogen-bond donors (Lipinski definition) is 2. The van der Waals surface area contributed by atoms with Gasteiger partial charge in [-0.1, -0.05) is 6.07 Å². The van der Waals surface area contributed by atoms with E-state index in [0.717, 1.165) is 12.1 Å². The Kier molecular flexibility index (Phi) is 4.54. The van der Waals surface area contributed by atoms with E-state index >= 15 is 0 Å². The fraction of sp³-hybridized carbons (Fsp3) is 0.273. The highest BCUT2D eigenvalue weighted by atomic mass is 16.6. The van der Waals surface area contributed by atoms with Crippen molar-refractivity contribution >= 4 is 17.6 Å². The number of carboxylic acids is 1. The fourth-order valence-electron chi connectivity index (χ4n) is 1.52. The second-order valence-corrected chi connectivity index (χ2v) is 3.75. The average molecular weight is 268 g/mol. The maximum Gasteiger partial charge on any atom is 0.342 e. The molecule has 8 heteroatoms. The van der Waals surface area contributed by atoms with Crippen LogP contribution in [0, 0.1) is 10.1 Å². The van der Waals surface area contributed by atoms with Crippen LogP contribution in [0.15, 0.2) is 18.2 Å². The second-order valence-electron chi connectivity index (χ2n) is 3.75. The standard InChI is InChI=1S/C11H12N2O6/c1-19-11(16)8(12)4-6-2-3-7(10(14)15)9(5-6)13(17)18/h2-3,5,8H,4,12H2,1H3,(H,14,15)/t8-/m0/s1. The zero-order chi connectivity index (χ0) is 14.6. The number of aromatic carboxylic acids is 1. The predicted octanol–water partition coefficient (Wildman–Crippen LogP) is 0.336. The number of nitrogens with two attached hydrogens (primary N) is 1. The molecule has 0 bridgehead atoms. The highest BCUT2D eigenvalue weighted by Crippen LogP contribution is 2.21. The molecular weight excluding hydrogens is 256 g/mol. The molecule has 0 radical (unpaired) electrons. The molecule has 1 aromatic rings. The van der Waals surface area contributed by atoms with Gasteiger partial charge in [0, 0.05) is 6.07 Å². The number of benzene rings is 1. The van der Waals surface area contributed by atoms with E-state index in [2.05, 4.69) is 4.74 Å². The number of hydrogen-bond acceptors (Lipinski definition) is 6. The van der Waals surface area contributed by atoms with Crippen molar-refractivity contribution in [3.05, 3.63) is 39.4 Å². The average Bonchev–Trinajstić information content (AvgIpc) is 2.37. The molecule has 0 aliphatic rings. The smallest absolute Gasteiger partial charge is 0.342 e. The maximum atomic E-state index is 11.1. The summed E-state index contributed by atoms with van der Waals surface area (Å²) in [6.45, 7) is 0. The van der Waals surface area contributed by atoms with Gasteiger partial charge in [-0.3, -0.25) is 14.9 Å². The van der Waals surface area contributed by atoms with Gasteiger partial charge in [0.1, 0.15) is 11.6 Å². The number of methoxy groups -OCH3 is 1. The Morgan fingerprint density at radius 2 is 2.16 bits per heavy atom. The van der Waals surface area contributed by atoms with E-state index in [-0.39, 0.29) is 6.42 Å². The minimum atomic E-state index is -1.39. The van der Waals surface area contributed by atoms with Crippen molar-refractivity contribution < 1.29 is 24.4 Å². The molecule has 1 atom stereocenters. The summed E-state index contributed by atoms with van der Waals surface area (Å²) in [5.74, 6) is -2.04. The summed E-state index contributed by atoms with van der Waals surface area (Å²) in [6.07, 6.45) is 0.0212. The van der Waals surface area contributed by atoms with Crippen LogP contribution < -0.4 is 5.73 Å². The molecule has 102 valence electrons. The molecule has 1 rings (SSSR count). The minimum absolute atomic E-state index is 0.0212. The van der Waals surface area contributed by atoms with Crippen molar-refractivity contribution in [3.8, 4) is 0 Å². The first-order chi connectivity index (χ1) is 8.86. The van der Waals surface area contributed by atoms with E-state index in [0.29, 0.717) is 5.56 Å². The normalized spacial score (nSPS) is 11.7. The minimum Gasteiger partial charge on any atom is -0.477 e. The van der Waals surface area contributed by atoms with Crippen LogP contribution >= 0.6 is 0 Å². The number of nitro benzene ring substituents is 1. The molecule has 0 saturated heterocycles. The van der Waals surface area contributed by atoms with Crippen molar-refractivity contribution in [1.82, 2.24) is 0 Å². The molecule has 0 saturated carbocycles. The number of rotatable bonds is 5. The Bertz CT molecular complexity index is 528. The molecule has 0 heterocycles. The lowest BCUT2D eigenvalue weighted by Crippen LogP contribution is -2.33. The number of nitrogens with zero attached hydrogens (tertiary/aromatic N) is 1. The van der Waals surface area contributed by atoms with Gasteiger partial charge < -0.3 is 15.6 Å². The van der Waals surface area contributed by atoms with Crippen LogP contribution in [-0.2, 0) is 16.0 Å². The number of nitro groups is 1. The third-order valence-electron chi connectivity index (χ3n) is 2.45. The summed E-state index contributed by atoms with van der Waals surface area (Å²) in [5, 5.41) is 19.6. The summed E-state index contributed by atoms with van der Waals surface area (Å²) in [4.78, 5) is 31.9. The number of esters is 1. The topological polar surface area (TPSA) is 133 Å². The van der Waals surface area contributed by atoms with Crippen molar-refractivity contribution in [2.24, 2.45) is 5.73 Å². The molecule has 0 aromatic heterocycles. The van der Waals surface area contributed by atoms with Gasteiger partial charge in [0.15, 0.2) is 0 Å². The highest BCUT2D eigenvalue weighted by Gasteiger charge is 2.22. The highest BCUT2D eigenvalue weighted by molar-refractivity contribution is 5.92. The van der Waals surface area contributed by atoms with Crippen LogP contribution in [0.5, 0.6) is 0 Å². The third kappa shape index (κ3) is 3.49. The van der Waals surface area contributed by atoms with Crippen LogP contribution in [0.2, 0.25) is 0 Å². The van der Waals surface area contributed by atoms with E-state index in [9.17, 15) is 19.7 Å². The van der Waals surface area contributed by atoms with Crippen molar-refractivity contribution in [2.75, 3.05) is 7.11 Å². The van der Waals surface area contributed by atoms with Crippen LogP contribution in [0.1, 0.15) is 15.9 Å². The van der Waals surface area contributed by atoms with Gasteiger partial charge in [-0.2, -0.15) is 0 Å². The van der Waals surface area contributed by atoms with Gasteiger partial charge in [0.05, 0.1) is 12.0 Å². The van der Waals surface area contributed by atoms with Crippen LogP contribution in [0.4, 0.5) is 5.69 Å². The second kappa shape index (κ2) is 5.91. The lowest BCUT2D eigenvalue weighted by atomic mass is 10.0. The van der Waals surface area contributed by atoms with Gasteiger partial charge in [0.25, 0.3) is 5.69 Å². The number of carbonyl (C=O) groups excluding carboxylic acids is 1. The van der Waals surface area contributed by atoms with Gasteiger partial charge in [-0.05, 0) is 18.1 Å². The molecular formula is C11H12N2O6. The van der Waals surface area contributed by atoms with Crippen LogP contribution in [-0.4, -0.2) is 35.1 Å². The molecule has 0 aliphatic carbocycles. The maximum absolute atomic E-state index is 11.1. The SMILES string of the molecule is COC(=O)[C@@H](N)Cc1ccc(C(=O)O)c([N+](=O)[O-])c1. The fourth-order valence-corrected chi connectivity index (χ4v) is 1.52. The van der Waals surface area contributed by atoms with Gasteiger partial charge in [-0.15, -0.1) is 0 Å². The van der Waals surface area contributed by atoms with Gasteiger partial charge in [0.2, 0.25) is 0 Å². The lowest BCUT2D eigenvalue weighted by molar-refractivity contribution is -0.385. The Balaban J connectivity index is 3.06. The molecule has 0 unspecified atom stereocenters. The van der Waals surface area contributed by atoms with Gasteiger partial charge in [-0.25, -0.2) is 4.79 Å². The van der Waals surface area contributed by atoms with E-state index < -0.39 is 34.2 Å². The van der Waals surface area contributed by atoms with Crippen molar-refractivity contribution in [2.45, 2.75) is 12.5 Å². The van der Waals surface area contributed by atoms with E-state index in [4.69, 9.17) is 10.8 Å². The summed E-state index contributed by atoms with van der Waals surface area (Å²) >= 11 is 0. The van der Waals surface area contributed by atoms with Crippen LogP contribution in [0.3, 0.4) is 0 Å². The summed E-state index contributed by atoms with van der Waals surface area (Å²) in [5.41, 5.74) is 4.95. The Morgan fingerprint density at radius 3 is 2.63 bits per heavy atom. The molecule has 19 heavy (non-hydrogen) atoms. The first kappa shape index (κ1) is 14.6. The Morgan fingerprint density at radius 1 is 1.53 bits per heavy atom. The quantitative estimate of drug-likeness (QED) is 0.446. The van der Waals surface area contributed by atoms with E-state index in [1.54, 1.807) is 0 Å². The molecule has 0 fully saturated rings. The zero-order valence-corrected chi connectivity index (χ0v) is 10.0. The van der Waals surface area contributed by atoms with Gasteiger partial charge >= 0.3 is 11.9 Å². The van der Waals surface area contributed by atoms with Crippen LogP contribution in [0.25, 0.3) is 0 Å². The molecule has 3 N–H and O–H groups in total. The van der Waals surface area contributed by atoms with E-state index in [1.807, 2.05) is 0 Å². The molecule has 8 nitrogen and oxygen atoms in total. The first-order valence-electron chi connectivity index (χ1n) is 5.20. The molecule has 0 amide bonds. The molecule has 0 aliphatic heterocycles. The first-order valence-corrected chi connectivity index (χ1v) is 5.20. The van der Waals surface area contributed by atoms with Crippen molar-refractivity contribution in [1.29, 1.82) is 0 Å². The zero-order valence-electron chi connectivity index (χ0n) is 10.0. The summed E-state index contributed by atoms with van der Waals surface area (Å²) in [7, 11) is 1.18. The Labute approximate surface area is 107 Å². The largest absolute Gasteiger partial charge is 0.477 e. The van der Waals surface area contributed by atoms with Crippen molar-refractivity contribution in [3.63, 3.8) is 0 Å². The monoisotopic (exact) mass is 268 g/mol. The van der Waals surface area contributed by atoms with E-state index in [1.165, 1.54) is 13.2 Å². The molecule has 1 aromatic carbocycles. The predicted molar refractivity (Wildman–Crippen MR) is 63.8 cm³/mol. The molecule has 0 spiro atoms. The number of carbonyl (C=O) groups is 2. The number of ether oxygens (including phenoxy) is 1. The third-order valence-corrected chi connectivity index (χ3v) is 2.45.